The molecule has 3 atom stereocenters. The number of carbonyl (C=O) groups is 3. The van der Waals surface area contributed by atoms with Gasteiger partial charge in [0.2, 0.25) is 0 Å². The second-order valence-corrected chi connectivity index (χ2v) is 9.12. The van der Waals surface area contributed by atoms with Crippen LogP contribution in [0.25, 0.3) is 0 Å². The van der Waals surface area contributed by atoms with Crippen LogP contribution in [0.2, 0.25) is 0 Å². The summed E-state index contributed by atoms with van der Waals surface area (Å²) < 4.78 is 16.8. The maximum Gasteiger partial charge on any atom is 0.323 e. The van der Waals surface area contributed by atoms with Crippen molar-refractivity contribution >= 4 is 29.3 Å². The second-order valence-electron chi connectivity index (χ2n) is 9.12. The number of hydrogen-bond donors (Lipinski definition) is 2. The first-order valence-corrected chi connectivity index (χ1v) is 11.7. The Morgan fingerprint density at radius 1 is 1.06 bits per heavy atom. The molecular weight excluding hydrogens is 450 g/mol. The molecule has 2 N–H and O–H groups in total. The van der Waals surface area contributed by atoms with Gasteiger partial charge in [0.05, 0.1) is 31.2 Å². The highest BCUT2D eigenvalue weighted by Crippen LogP contribution is 2.32. The number of methoxy groups -OCH3 is 1. The molecule has 1 fully saturated rings. The van der Waals surface area contributed by atoms with Crippen LogP contribution < -0.4 is 15.4 Å². The van der Waals surface area contributed by atoms with E-state index in [1.165, 1.54) is 7.11 Å². The molecule has 9 nitrogen and oxygen atoms in total. The summed E-state index contributed by atoms with van der Waals surface area (Å²) in [6.07, 6.45) is 0.872. The minimum absolute atomic E-state index is 0.174. The van der Waals surface area contributed by atoms with Crippen molar-refractivity contribution in [3.05, 3.63) is 53.1 Å². The molecule has 2 aromatic carbocycles. The summed E-state index contributed by atoms with van der Waals surface area (Å²) in [5.74, 6) is -0.126. The molecular formula is C26H31N3O6. The first-order chi connectivity index (χ1) is 16.7. The molecule has 2 aliphatic rings. The predicted octanol–water partition coefficient (Wildman–Crippen LogP) is 3.89. The Hall–Kier alpha value is -3.59. The Bertz CT molecular complexity index is 1110. The summed E-state index contributed by atoms with van der Waals surface area (Å²) >= 11 is 0. The fraction of sp³-hybridized carbons (Fsp3) is 0.423. The van der Waals surface area contributed by atoms with Crippen molar-refractivity contribution in [2.75, 3.05) is 31.4 Å². The maximum absolute atomic E-state index is 13.3. The van der Waals surface area contributed by atoms with E-state index in [2.05, 4.69) is 10.6 Å². The third kappa shape index (κ3) is 5.74. The van der Waals surface area contributed by atoms with E-state index in [4.69, 9.17) is 14.2 Å². The molecule has 2 aliphatic heterocycles. The largest absolute Gasteiger partial charge is 0.490 e. The van der Waals surface area contributed by atoms with Crippen LogP contribution >= 0.6 is 0 Å². The summed E-state index contributed by atoms with van der Waals surface area (Å²) in [5.41, 5.74) is 3.64. The lowest BCUT2D eigenvalue weighted by Crippen LogP contribution is -2.53. The molecule has 9 heteroatoms. The first kappa shape index (κ1) is 24.5. The number of hydrogen-bond acceptors (Lipinski definition) is 6. The van der Waals surface area contributed by atoms with Gasteiger partial charge in [0.15, 0.2) is 0 Å². The first-order valence-electron chi connectivity index (χ1n) is 11.7. The highest BCUT2D eigenvalue weighted by molar-refractivity contribution is 6.02. The van der Waals surface area contributed by atoms with Gasteiger partial charge in [-0.3, -0.25) is 9.59 Å². The summed E-state index contributed by atoms with van der Waals surface area (Å²) in [6, 6.07) is 10.2. The van der Waals surface area contributed by atoms with Crippen LogP contribution in [0.3, 0.4) is 0 Å². The summed E-state index contributed by atoms with van der Waals surface area (Å²) in [5, 5.41) is 5.62. The number of fused-ring (bicyclic) bond motifs is 2. The zero-order valence-electron chi connectivity index (χ0n) is 20.4. The number of benzene rings is 2. The number of urea groups is 1. The van der Waals surface area contributed by atoms with E-state index in [1.54, 1.807) is 30.1 Å². The second kappa shape index (κ2) is 10.4. The topological polar surface area (TPSA) is 106 Å². The van der Waals surface area contributed by atoms with E-state index in [0.717, 1.165) is 11.1 Å². The lowest BCUT2D eigenvalue weighted by molar-refractivity contribution is -0.151. The van der Waals surface area contributed by atoms with E-state index in [9.17, 15) is 14.4 Å². The smallest absolute Gasteiger partial charge is 0.323 e. The fourth-order valence-corrected chi connectivity index (χ4v) is 4.71. The molecule has 0 spiro atoms. The molecule has 2 aromatic rings. The Labute approximate surface area is 204 Å². The Morgan fingerprint density at radius 3 is 2.49 bits per heavy atom. The van der Waals surface area contributed by atoms with Crippen molar-refractivity contribution in [2.45, 2.75) is 51.4 Å². The minimum Gasteiger partial charge on any atom is -0.490 e. The number of likely N-dealkylation sites (N-methyl/N-ethyl adjacent to an activating group) is 1. The van der Waals surface area contributed by atoms with Crippen molar-refractivity contribution in [1.82, 2.24) is 4.90 Å². The van der Waals surface area contributed by atoms with Crippen molar-refractivity contribution in [1.29, 1.82) is 0 Å². The summed E-state index contributed by atoms with van der Waals surface area (Å²) in [6.45, 7) is 4.18. The lowest BCUT2D eigenvalue weighted by Gasteiger charge is -2.42. The van der Waals surface area contributed by atoms with Crippen molar-refractivity contribution in [3.63, 3.8) is 0 Å². The molecule has 0 bridgehead atoms. The number of nitrogens with one attached hydrogen (secondary N) is 2. The van der Waals surface area contributed by atoms with Gasteiger partial charge >= 0.3 is 12.0 Å². The van der Waals surface area contributed by atoms with Gasteiger partial charge in [-0.2, -0.15) is 0 Å². The van der Waals surface area contributed by atoms with Crippen LogP contribution in [0.15, 0.2) is 36.4 Å². The highest BCUT2D eigenvalue weighted by Gasteiger charge is 2.39. The molecule has 0 aliphatic carbocycles. The normalized spacial score (nSPS) is 21.5. The van der Waals surface area contributed by atoms with Crippen molar-refractivity contribution in [2.24, 2.45) is 0 Å². The van der Waals surface area contributed by atoms with Crippen LogP contribution in [0.1, 0.15) is 40.7 Å². The number of amides is 3. The predicted molar refractivity (Wildman–Crippen MR) is 131 cm³/mol. The third-order valence-electron chi connectivity index (χ3n) is 6.37. The number of ether oxygens (including phenoxy) is 3. The van der Waals surface area contributed by atoms with Crippen LogP contribution in [-0.2, 0) is 14.3 Å². The average Bonchev–Trinajstić information content (AvgIpc) is 2.81. The van der Waals surface area contributed by atoms with Crippen LogP contribution in [-0.4, -0.2) is 61.8 Å². The monoisotopic (exact) mass is 481 g/mol. The molecule has 0 radical (unpaired) electrons. The molecule has 0 saturated carbocycles. The van der Waals surface area contributed by atoms with Gasteiger partial charge in [-0.15, -0.1) is 0 Å². The third-order valence-corrected chi connectivity index (χ3v) is 6.37. The van der Waals surface area contributed by atoms with Crippen molar-refractivity contribution < 1.29 is 28.6 Å². The van der Waals surface area contributed by atoms with E-state index >= 15 is 0 Å². The molecule has 4 rings (SSSR count). The number of esters is 1. The van der Waals surface area contributed by atoms with Gasteiger partial charge in [0, 0.05) is 18.4 Å². The summed E-state index contributed by atoms with van der Waals surface area (Å²) in [7, 11) is 3.10. The van der Waals surface area contributed by atoms with Gasteiger partial charge < -0.3 is 29.7 Å². The van der Waals surface area contributed by atoms with Gasteiger partial charge in [-0.05, 0) is 68.1 Å². The molecule has 3 amide bonds. The van der Waals surface area contributed by atoms with Crippen LogP contribution in [0.5, 0.6) is 5.75 Å². The molecule has 35 heavy (non-hydrogen) atoms. The molecule has 186 valence electrons. The fourth-order valence-electron chi connectivity index (χ4n) is 4.71. The SMILES string of the molecule is COC(=O)C[C@H]1CC[C@@H]2[C@@H](COc3ccc(NC(=O)Nc4cc(C)cc(C)c4)cc3C(=O)N2C)O1. The minimum atomic E-state index is -0.403. The number of carbonyl (C=O) groups excluding carboxylic acids is 3. The van der Waals surface area contributed by atoms with Gasteiger partial charge in [0.25, 0.3) is 5.91 Å². The zero-order chi connectivity index (χ0) is 25.1. The lowest BCUT2D eigenvalue weighted by atomic mass is 9.94. The number of rotatable bonds is 4. The average molecular weight is 482 g/mol. The molecule has 2 heterocycles. The maximum atomic E-state index is 13.3. The number of anilines is 2. The van der Waals surface area contributed by atoms with Gasteiger partial charge in [-0.1, -0.05) is 6.07 Å². The van der Waals surface area contributed by atoms with Gasteiger partial charge in [-0.25, -0.2) is 4.79 Å². The number of aryl methyl sites for hydroxylation is 2. The van der Waals surface area contributed by atoms with Crippen LogP contribution in [0.4, 0.5) is 16.2 Å². The van der Waals surface area contributed by atoms with Crippen LogP contribution in [0, 0.1) is 13.8 Å². The number of nitrogens with zero attached hydrogens (tertiary/aromatic N) is 1. The van der Waals surface area contributed by atoms with Crippen molar-refractivity contribution in [3.8, 4) is 5.75 Å². The van der Waals surface area contributed by atoms with E-state index in [-0.39, 0.29) is 43.2 Å². The van der Waals surface area contributed by atoms with E-state index < -0.39 is 6.03 Å². The van der Waals surface area contributed by atoms with E-state index in [1.807, 2.05) is 32.0 Å². The Balaban J connectivity index is 1.47. The summed E-state index contributed by atoms with van der Waals surface area (Å²) in [4.78, 5) is 39.2. The van der Waals surface area contributed by atoms with Gasteiger partial charge in [0.1, 0.15) is 18.5 Å². The quantitative estimate of drug-likeness (QED) is 0.642. The zero-order valence-corrected chi connectivity index (χ0v) is 20.4. The molecule has 0 aromatic heterocycles. The Kier molecular flexibility index (Phi) is 7.25. The standard InChI is InChI=1S/C26H31N3O6/c1-15-9-16(2)11-18(10-15)28-26(32)27-17-5-8-22-20(12-17)25(31)29(3)21-7-6-19(13-24(30)33-4)35-23(21)14-34-22/h5,8-12,19,21,23H,6-7,13-14H2,1-4H3,(H2,27,28,32)/t19-,21-,23-/m1/s1. The molecule has 0 unspecified atom stereocenters. The highest BCUT2D eigenvalue weighted by atomic mass is 16.5. The molecule has 1 saturated heterocycles. The Morgan fingerprint density at radius 2 is 1.77 bits per heavy atom. The van der Waals surface area contributed by atoms with E-state index in [0.29, 0.717) is 35.5 Å².